The first-order valence-corrected chi connectivity index (χ1v) is 5.78. The van der Waals surface area contributed by atoms with Crippen LogP contribution in [0.5, 0.6) is 0 Å². The molecule has 1 rings (SSSR count). The van der Waals surface area contributed by atoms with E-state index in [9.17, 15) is 4.79 Å². The minimum atomic E-state index is 0.107. The zero-order chi connectivity index (χ0) is 12.0. The summed E-state index contributed by atoms with van der Waals surface area (Å²) in [5.41, 5.74) is 1.34. The van der Waals surface area contributed by atoms with Gasteiger partial charge in [-0.1, -0.05) is 51.1 Å². The van der Waals surface area contributed by atoms with Crippen molar-refractivity contribution in [1.82, 2.24) is 5.32 Å². The first-order valence-electron chi connectivity index (χ1n) is 5.78. The fourth-order valence-electron chi connectivity index (χ4n) is 1.42. The molecular formula is C14H21NO. The highest BCUT2D eigenvalue weighted by atomic mass is 16.1. The van der Waals surface area contributed by atoms with E-state index in [0.29, 0.717) is 6.42 Å². The molecule has 0 aromatic heterocycles. The molecule has 1 amide bonds. The quantitative estimate of drug-likeness (QED) is 0.829. The molecule has 0 bridgehead atoms. The zero-order valence-corrected chi connectivity index (χ0v) is 10.4. The van der Waals surface area contributed by atoms with Crippen LogP contribution >= 0.6 is 0 Å². The van der Waals surface area contributed by atoms with E-state index < -0.39 is 0 Å². The Morgan fingerprint density at radius 2 is 1.81 bits per heavy atom. The Labute approximate surface area is 98.1 Å². The maximum Gasteiger partial charge on any atom is 0.224 e. The smallest absolute Gasteiger partial charge is 0.224 e. The summed E-state index contributed by atoms with van der Waals surface area (Å²) < 4.78 is 0. The van der Waals surface area contributed by atoms with Gasteiger partial charge in [0.2, 0.25) is 5.91 Å². The van der Waals surface area contributed by atoms with E-state index in [0.717, 1.165) is 18.5 Å². The van der Waals surface area contributed by atoms with Crippen LogP contribution in [0.4, 0.5) is 0 Å². The molecule has 0 saturated carbocycles. The lowest BCUT2D eigenvalue weighted by molar-refractivity contribution is -0.120. The molecule has 0 aliphatic rings. The fraction of sp³-hybridized carbons (Fsp3) is 0.500. The van der Waals surface area contributed by atoms with Crippen LogP contribution in [0.15, 0.2) is 30.3 Å². The van der Waals surface area contributed by atoms with Crippen molar-refractivity contribution in [3.8, 4) is 0 Å². The van der Waals surface area contributed by atoms with Gasteiger partial charge in [0.25, 0.3) is 0 Å². The molecule has 0 heterocycles. The molecular weight excluding hydrogens is 198 g/mol. The summed E-state index contributed by atoms with van der Waals surface area (Å²) in [6.07, 6.45) is 1.48. The van der Waals surface area contributed by atoms with Crippen LogP contribution in [0.25, 0.3) is 0 Å². The maximum atomic E-state index is 11.6. The Balaban J connectivity index is 2.27. The Morgan fingerprint density at radius 3 is 2.38 bits per heavy atom. The predicted octanol–water partition coefficient (Wildman–Crippen LogP) is 2.78. The summed E-state index contributed by atoms with van der Waals surface area (Å²) in [7, 11) is 0. The summed E-state index contributed by atoms with van der Waals surface area (Å²) in [6, 6.07) is 9.82. The average molecular weight is 219 g/mol. The lowest BCUT2D eigenvalue weighted by atomic mass is 9.92. The van der Waals surface area contributed by atoms with E-state index in [1.165, 1.54) is 0 Å². The van der Waals surface area contributed by atoms with Crippen LogP contribution in [0.1, 0.15) is 32.8 Å². The van der Waals surface area contributed by atoms with Crippen LogP contribution in [0.2, 0.25) is 0 Å². The molecule has 0 saturated heterocycles. The van der Waals surface area contributed by atoms with Crippen molar-refractivity contribution in [3.05, 3.63) is 35.9 Å². The van der Waals surface area contributed by atoms with E-state index in [1.807, 2.05) is 30.3 Å². The normalized spacial score (nSPS) is 11.2. The largest absolute Gasteiger partial charge is 0.356 e. The molecule has 0 fully saturated rings. The van der Waals surface area contributed by atoms with Gasteiger partial charge >= 0.3 is 0 Å². The molecule has 0 aliphatic heterocycles. The van der Waals surface area contributed by atoms with Crippen LogP contribution in [0.3, 0.4) is 0 Å². The highest BCUT2D eigenvalue weighted by Gasteiger charge is 2.10. The number of nitrogens with one attached hydrogen (secondary N) is 1. The van der Waals surface area contributed by atoms with Gasteiger partial charge in [-0.3, -0.25) is 4.79 Å². The van der Waals surface area contributed by atoms with Crippen molar-refractivity contribution in [3.63, 3.8) is 0 Å². The number of benzene rings is 1. The van der Waals surface area contributed by atoms with Crippen molar-refractivity contribution in [1.29, 1.82) is 0 Å². The summed E-state index contributed by atoms with van der Waals surface area (Å²) in [6.45, 7) is 7.29. The lowest BCUT2D eigenvalue weighted by Crippen LogP contribution is -2.28. The Kier molecular flexibility index (Phi) is 4.53. The Hall–Kier alpha value is -1.31. The first kappa shape index (κ1) is 12.8. The molecule has 0 radical (unpaired) electrons. The minimum absolute atomic E-state index is 0.107. The van der Waals surface area contributed by atoms with Gasteiger partial charge in [0.1, 0.15) is 0 Å². The van der Waals surface area contributed by atoms with Crippen LogP contribution in [-0.4, -0.2) is 12.5 Å². The monoisotopic (exact) mass is 219 g/mol. The number of hydrogen-bond acceptors (Lipinski definition) is 1. The van der Waals surface area contributed by atoms with Gasteiger partial charge < -0.3 is 5.32 Å². The van der Waals surface area contributed by atoms with E-state index in [4.69, 9.17) is 0 Å². The number of amides is 1. The van der Waals surface area contributed by atoms with Gasteiger partial charge in [-0.15, -0.1) is 0 Å². The molecule has 16 heavy (non-hydrogen) atoms. The molecule has 1 aromatic carbocycles. The van der Waals surface area contributed by atoms with Gasteiger partial charge in [-0.05, 0) is 17.4 Å². The molecule has 2 heteroatoms. The fourth-order valence-corrected chi connectivity index (χ4v) is 1.42. The maximum absolute atomic E-state index is 11.6. The second-order valence-corrected chi connectivity index (χ2v) is 5.32. The highest BCUT2D eigenvalue weighted by molar-refractivity contribution is 5.78. The number of hydrogen-bond donors (Lipinski definition) is 1. The van der Waals surface area contributed by atoms with Crippen molar-refractivity contribution in [2.75, 3.05) is 6.54 Å². The van der Waals surface area contributed by atoms with Crippen molar-refractivity contribution < 1.29 is 4.79 Å². The standard InChI is InChI=1S/C14H21NO/c1-14(2,3)9-10-15-13(16)11-12-7-5-4-6-8-12/h4-8H,9-11H2,1-3H3,(H,15,16). The van der Waals surface area contributed by atoms with Gasteiger partial charge in [0, 0.05) is 6.54 Å². The molecule has 2 nitrogen and oxygen atoms in total. The van der Waals surface area contributed by atoms with Gasteiger partial charge in [0.15, 0.2) is 0 Å². The Bertz CT molecular complexity index is 324. The summed E-state index contributed by atoms with van der Waals surface area (Å²) in [4.78, 5) is 11.6. The van der Waals surface area contributed by atoms with Crippen molar-refractivity contribution in [2.45, 2.75) is 33.6 Å². The second-order valence-electron chi connectivity index (χ2n) is 5.32. The molecule has 0 spiro atoms. The lowest BCUT2D eigenvalue weighted by Gasteiger charge is -2.17. The number of carbonyl (C=O) groups excluding carboxylic acids is 1. The highest BCUT2D eigenvalue weighted by Crippen LogP contribution is 2.16. The van der Waals surface area contributed by atoms with E-state index >= 15 is 0 Å². The van der Waals surface area contributed by atoms with Gasteiger partial charge in [-0.2, -0.15) is 0 Å². The second kappa shape index (κ2) is 5.69. The number of rotatable bonds is 4. The van der Waals surface area contributed by atoms with Crippen molar-refractivity contribution >= 4 is 5.91 Å². The molecule has 0 aliphatic carbocycles. The third kappa shape index (κ3) is 5.54. The third-order valence-corrected chi connectivity index (χ3v) is 2.40. The molecule has 88 valence electrons. The van der Waals surface area contributed by atoms with Gasteiger partial charge in [0.05, 0.1) is 6.42 Å². The van der Waals surface area contributed by atoms with Crippen LogP contribution in [-0.2, 0) is 11.2 Å². The first-order chi connectivity index (χ1) is 7.47. The van der Waals surface area contributed by atoms with E-state index in [-0.39, 0.29) is 11.3 Å². The minimum Gasteiger partial charge on any atom is -0.356 e. The average Bonchev–Trinajstić information content (AvgIpc) is 2.17. The Morgan fingerprint density at radius 1 is 1.19 bits per heavy atom. The molecule has 0 unspecified atom stereocenters. The third-order valence-electron chi connectivity index (χ3n) is 2.40. The van der Waals surface area contributed by atoms with Gasteiger partial charge in [-0.25, -0.2) is 0 Å². The summed E-state index contributed by atoms with van der Waals surface area (Å²) >= 11 is 0. The molecule has 1 aromatic rings. The molecule has 1 N–H and O–H groups in total. The van der Waals surface area contributed by atoms with Crippen LogP contribution < -0.4 is 5.32 Å². The van der Waals surface area contributed by atoms with Crippen molar-refractivity contribution in [2.24, 2.45) is 5.41 Å². The predicted molar refractivity (Wildman–Crippen MR) is 67.2 cm³/mol. The van der Waals surface area contributed by atoms with E-state index in [1.54, 1.807) is 0 Å². The SMILES string of the molecule is CC(C)(C)CCNC(=O)Cc1ccccc1. The zero-order valence-electron chi connectivity index (χ0n) is 10.4. The van der Waals surface area contributed by atoms with E-state index in [2.05, 4.69) is 26.1 Å². The summed E-state index contributed by atoms with van der Waals surface area (Å²) in [5.74, 6) is 0.107. The molecule has 0 atom stereocenters. The topological polar surface area (TPSA) is 29.1 Å². The number of carbonyl (C=O) groups is 1. The van der Waals surface area contributed by atoms with Crippen LogP contribution in [0, 0.1) is 5.41 Å². The summed E-state index contributed by atoms with van der Waals surface area (Å²) in [5, 5.41) is 2.95.